The molecule has 3 fully saturated rings. The van der Waals surface area contributed by atoms with Crippen molar-refractivity contribution in [2.45, 2.75) is 57.0 Å². The fourth-order valence-corrected chi connectivity index (χ4v) is 9.84. The van der Waals surface area contributed by atoms with Crippen molar-refractivity contribution >= 4 is 58.0 Å². The lowest BCUT2D eigenvalue weighted by Crippen LogP contribution is -2.54. The summed E-state index contributed by atoms with van der Waals surface area (Å²) in [6.07, 6.45) is 4.83. The van der Waals surface area contributed by atoms with E-state index >= 15 is 0 Å². The Morgan fingerprint density at radius 1 is 0.767 bits per heavy atom. The first-order valence-corrected chi connectivity index (χ1v) is 25.2. The molecule has 21 heteroatoms. The van der Waals surface area contributed by atoms with E-state index in [0.717, 1.165) is 74.7 Å². The van der Waals surface area contributed by atoms with Gasteiger partial charge in [0.15, 0.2) is 5.65 Å². The molecule has 73 heavy (non-hydrogen) atoms. The number of nitrogens with two attached hydrogens (primary N) is 1. The number of fused-ring (bicyclic) bond motifs is 2. The Labute approximate surface area is 422 Å². The molecular formula is C52H62N12O9. The summed E-state index contributed by atoms with van der Waals surface area (Å²) in [5.74, 6) is -0.330. The van der Waals surface area contributed by atoms with Gasteiger partial charge in [0.2, 0.25) is 23.6 Å². The summed E-state index contributed by atoms with van der Waals surface area (Å²) in [6, 6.07) is 21.2. The number of nitrogens with zero attached hydrogens (tertiary/aromatic N) is 8. The number of imide groups is 2. The molecular weight excluding hydrogens is 937 g/mol. The van der Waals surface area contributed by atoms with Crippen LogP contribution in [0.1, 0.15) is 71.7 Å². The highest BCUT2D eigenvalue weighted by atomic mass is 16.5. The predicted octanol–water partition coefficient (Wildman–Crippen LogP) is 3.48. The highest BCUT2D eigenvalue weighted by Gasteiger charge is 2.45. The summed E-state index contributed by atoms with van der Waals surface area (Å²) in [5.41, 5.74) is 9.50. The number of benzene rings is 3. The van der Waals surface area contributed by atoms with Gasteiger partial charge in [0, 0.05) is 89.4 Å². The van der Waals surface area contributed by atoms with Crippen molar-refractivity contribution in [3.05, 3.63) is 90.3 Å². The van der Waals surface area contributed by atoms with Gasteiger partial charge in [-0.1, -0.05) is 24.3 Å². The minimum absolute atomic E-state index is 0.0516. The lowest BCUT2D eigenvalue weighted by atomic mass is 10.0. The maximum absolute atomic E-state index is 13.6. The molecule has 3 aromatic carbocycles. The molecule has 3 saturated heterocycles. The van der Waals surface area contributed by atoms with E-state index in [4.69, 9.17) is 25.0 Å². The molecule has 4 aliphatic rings. The van der Waals surface area contributed by atoms with E-state index in [9.17, 15) is 28.8 Å². The molecule has 6 heterocycles. The molecule has 9 rings (SSSR count). The molecule has 6 amide bonds. The van der Waals surface area contributed by atoms with Crippen LogP contribution in [0.3, 0.4) is 0 Å². The number of hydrogen-bond acceptors (Lipinski definition) is 16. The molecule has 0 saturated carbocycles. The fourth-order valence-electron chi connectivity index (χ4n) is 9.84. The zero-order valence-corrected chi connectivity index (χ0v) is 40.8. The Morgan fingerprint density at radius 3 is 2.30 bits per heavy atom. The number of nitrogen functional groups attached to an aromatic ring is 1. The maximum Gasteiger partial charge on any atom is 0.264 e. The number of carbonyl (C=O) groups excluding carboxylic acids is 6. The van der Waals surface area contributed by atoms with E-state index in [1.807, 2.05) is 64.2 Å². The number of anilines is 2. The highest BCUT2D eigenvalue weighted by molar-refractivity contribution is 6.25. The monoisotopic (exact) mass is 998 g/mol. The Hall–Kier alpha value is -7.33. The molecule has 2 atom stereocenters. The SMILES string of the molecule is Nc1ncnc2c1c(-c1ccc(Oc3ccccc3)cc1)nn2C1CCCN(C(=O)CCCN2CCN(CCNC(=O)CCOCCOCCNc3cccc4c3C(=O)N(C3CCC(=O)NC3=O)C4=O)CC2)C1. The quantitative estimate of drug-likeness (QED) is 0.0573. The van der Waals surface area contributed by atoms with Crippen LogP contribution in [-0.4, -0.2) is 173 Å². The number of para-hydroxylation sites is 1. The zero-order valence-electron chi connectivity index (χ0n) is 40.8. The molecule has 0 radical (unpaired) electrons. The molecule has 2 unspecified atom stereocenters. The van der Waals surface area contributed by atoms with Gasteiger partial charge in [-0.05, 0) is 80.8 Å². The molecule has 5 aromatic rings. The molecule has 0 spiro atoms. The second-order valence-corrected chi connectivity index (χ2v) is 18.5. The Morgan fingerprint density at radius 2 is 1.52 bits per heavy atom. The molecule has 2 aromatic heterocycles. The highest BCUT2D eigenvalue weighted by Crippen LogP contribution is 2.36. The summed E-state index contributed by atoms with van der Waals surface area (Å²) in [7, 11) is 0. The zero-order chi connectivity index (χ0) is 50.7. The molecule has 5 N–H and O–H groups in total. The number of likely N-dealkylation sites (tertiary alicyclic amines) is 1. The Balaban J connectivity index is 0.615. The minimum Gasteiger partial charge on any atom is -0.457 e. The van der Waals surface area contributed by atoms with Crippen molar-refractivity contribution in [2.24, 2.45) is 0 Å². The van der Waals surface area contributed by atoms with Gasteiger partial charge in [-0.3, -0.25) is 43.9 Å². The summed E-state index contributed by atoms with van der Waals surface area (Å²) >= 11 is 0. The third-order valence-corrected chi connectivity index (χ3v) is 13.7. The standard InChI is InChI=1S/C52H62N12O9/c53-48-46-47(35-13-15-38(16-14-35)73-37-8-2-1-3-9-37)59-64(49(46)57-34-56-48)36-7-5-23-62(33-36)44(67)12-6-22-60-25-27-61(28-26-60)24-20-55-42(65)19-29-71-31-32-72-30-21-54-40-11-4-10-39-45(40)52(70)63(51(39)69)41-17-18-43(66)58-50(41)68/h1-4,8-11,13-16,34,36,41,54H,5-7,12,17-33H2,(H,55,65)(H2,53,56,57)(H,58,66,68). The smallest absolute Gasteiger partial charge is 0.264 e. The number of piperidine rings is 2. The number of amides is 6. The van der Waals surface area contributed by atoms with Gasteiger partial charge in [-0.2, -0.15) is 5.10 Å². The van der Waals surface area contributed by atoms with Crippen LogP contribution in [0, 0.1) is 0 Å². The van der Waals surface area contributed by atoms with E-state index in [1.165, 1.54) is 6.33 Å². The van der Waals surface area contributed by atoms with Crippen LogP contribution in [0.25, 0.3) is 22.3 Å². The second-order valence-electron chi connectivity index (χ2n) is 18.5. The lowest BCUT2D eigenvalue weighted by molar-refractivity contribution is -0.136. The van der Waals surface area contributed by atoms with E-state index in [1.54, 1.807) is 18.2 Å². The first-order valence-electron chi connectivity index (χ1n) is 25.2. The summed E-state index contributed by atoms with van der Waals surface area (Å²) in [5, 5.41) is 14.1. The van der Waals surface area contributed by atoms with Gasteiger partial charge in [0.1, 0.15) is 35.4 Å². The normalized spacial score (nSPS) is 18.5. The van der Waals surface area contributed by atoms with Crippen LogP contribution >= 0.6 is 0 Å². The first-order chi connectivity index (χ1) is 35.6. The minimum atomic E-state index is -1.03. The van der Waals surface area contributed by atoms with Crippen molar-refractivity contribution < 1.29 is 43.0 Å². The lowest BCUT2D eigenvalue weighted by Gasteiger charge is -2.35. The van der Waals surface area contributed by atoms with Crippen molar-refractivity contribution in [1.82, 2.24) is 50.0 Å². The van der Waals surface area contributed by atoms with E-state index < -0.39 is 29.7 Å². The van der Waals surface area contributed by atoms with Gasteiger partial charge >= 0.3 is 0 Å². The number of rotatable bonds is 22. The van der Waals surface area contributed by atoms with Crippen LogP contribution in [0.5, 0.6) is 11.5 Å². The number of piperazine rings is 1. The predicted molar refractivity (Wildman–Crippen MR) is 270 cm³/mol. The van der Waals surface area contributed by atoms with Crippen LogP contribution in [-0.2, 0) is 28.7 Å². The molecule has 4 aliphatic heterocycles. The van der Waals surface area contributed by atoms with Gasteiger partial charge in [-0.15, -0.1) is 0 Å². The largest absolute Gasteiger partial charge is 0.457 e. The summed E-state index contributed by atoms with van der Waals surface area (Å²) in [6.45, 7) is 8.54. The van der Waals surface area contributed by atoms with Crippen molar-refractivity contribution in [1.29, 1.82) is 0 Å². The van der Waals surface area contributed by atoms with Gasteiger partial charge in [0.05, 0.1) is 49.0 Å². The fraction of sp³-hybridized carbons (Fsp3) is 0.442. The average molecular weight is 999 g/mol. The van der Waals surface area contributed by atoms with Crippen LogP contribution < -0.4 is 26.4 Å². The molecule has 0 aliphatic carbocycles. The number of ether oxygens (including phenoxy) is 3. The van der Waals surface area contributed by atoms with Gasteiger partial charge in [-0.25, -0.2) is 14.6 Å². The maximum atomic E-state index is 13.6. The van der Waals surface area contributed by atoms with Crippen molar-refractivity contribution in [3.63, 3.8) is 0 Å². The number of carbonyl (C=O) groups is 6. The topological polar surface area (TPSA) is 249 Å². The van der Waals surface area contributed by atoms with E-state index in [0.29, 0.717) is 86.4 Å². The van der Waals surface area contributed by atoms with Gasteiger partial charge in [0.25, 0.3) is 11.8 Å². The Bertz CT molecular complexity index is 2780. The van der Waals surface area contributed by atoms with Gasteiger partial charge < -0.3 is 40.4 Å². The van der Waals surface area contributed by atoms with Crippen LogP contribution in [0.15, 0.2) is 79.1 Å². The molecule has 21 nitrogen and oxygen atoms in total. The molecule has 384 valence electrons. The third-order valence-electron chi connectivity index (χ3n) is 13.7. The second kappa shape index (κ2) is 23.9. The van der Waals surface area contributed by atoms with Crippen molar-refractivity contribution in [3.8, 4) is 22.8 Å². The number of aromatic nitrogens is 4. The van der Waals surface area contributed by atoms with Crippen LogP contribution in [0.4, 0.5) is 11.5 Å². The summed E-state index contributed by atoms with van der Waals surface area (Å²) < 4.78 is 19.2. The average Bonchev–Trinajstić information content (AvgIpc) is 3.92. The van der Waals surface area contributed by atoms with E-state index in [-0.39, 0.29) is 54.9 Å². The first kappa shape index (κ1) is 50.6. The molecule has 0 bridgehead atoms. The third kappa shape index (κ3) is 12.3. The number of nitrogens with one attached hydrogen (secondary N) is 3. The Kier molecular flexibility index (Phi) is 16.6. The van der Waals surface area contributed by atoms with Crippen molar-refractivity contribution in [2.75, 3.05) is 103 Å². The van der Waals surface area contributed by atoms with E-state index in [2.05, 4.69) is 35.7 Å². The summed E-state index contributed by atoms with van der Waals surface area (Å²) in [4.78, 5) is 92.9. The van der Waals surface area contributed by atoms with Crippen LogP contribution in [0.2, 0.25) is 0 Å². The number of hydrogen-bond donors (Lipinski definition) is 4.